The number of pyridine rings is 1. The number of amides is 1. The Morgan fingerprint density at radius 3 is 2.76 bits per heavy atom. The predicted molar refractivity (Wildman–Crippen MR) is 123 cm³/mol. The summed E-state index contributed by atoms with van der Waals surface area (Å²) in [6.07, 6.45) is 8.82. The maximum Gasteiger partial charge on any atom is 0.272 e. The SMILES string of the molecule is N#CCC(CN1CCN(C(=O)c2ccc(F)cn2)CC1)n1ccc(-c2ncnc3[nH]ccc23)c1. The number of hydrogen-bond donors (Lipinski definition) is 1. The number of carbonyl (C=O) groups excluding carboxylic acids is 1. The minimum Gasteiger partial charge on any atom is -0.348 e. The number of H-pyrrole nitrogens is 1. The summed E-state index contributed by atoms with van der Waals surface area (Å²) >= 11 is 0. The zero-order valence-electron chi connectivity index (χ0n) is 18.4. The molecule has 10 heteroatoms. The number of nitriles is 1. The third kappa shape index (κ3) is 4.38. The minimum absolute atomic E-state index is 0.0247. The van der Waals surface area contributed by atoms with Crippen LogP contribution in [0.4, 0.5) is 4.39 Å². The van der Waals surface area contributed by atoms with E-state index in [-0.39, 0.29) is 17.6 Å². The fraction of sp³-hybridized carbons (Fsp3) is 0.292. The molecular formula is C24H23FN8O. The van der Waals surface area contributed by atoms with Crippen molar-refractivity contribution in [2.75, 3.05) is 32.7 Å². The molecule has 1 aliphatic rings. The number of hydrogen-bond acceptors (Lipinski definition) is 6. The van der Waals surface area contributed by atoms with Gasteiger partial charge in [0.15, 0.2) is 0 Å². The molecule has 1 saturated heterocycles. The second-order valence-electron chi connectivity index (χ2n) is 8.28. The molecule has 1 atom stereocenters. The molecule has 0 radical (unpaired) electrons. The van der Waals surface area contributed by atoms with E-state index in [1.165, 1.54) is 12.1 Å². The molecule has 5 heterocycles. The lowest BCUT2D eigenvalue weighted by molar-refractivity contribution is 0.0614. The Kier molecular flexibility index (Phi) is 6.01. The lowest BCUT2D eigenvalue weighted by Crippen LogP contribution is -2.50. The molecule has 1 unspecified atom stereocenters. The van der Waals surface area contributed by atoms with Gasteiger partial charge in [-0.15, -0.1) is 0 Å². The lowest BCUT2D eigenvalue weighted by Gasteiger charge is -2.36. The van der Waals surface area contributed by atoms with Crippen LogP contribution in [0.15, 0.2) is 55.4 Å². The molecule has 1 aliphatic heterocycles. The van der Waals surface area contributed by atoms with Gasteiger partial charge in [-0.2, -0.15) is 5.26 Å². The van der Waals surface area contributed by atoms with Crippen molar-refractivity contribution in [3.8, 4) is 17.3 Å². The number of aromatic nitrogens is 5. The maximum absolute atomic E-state index is 13.1. The molecule has 5 rings (SSSR count). The first kappa shape index (κ1) is 21.7. The zero-order valence-corrected chi connectivity index (χ0v) is 18.4. The van der Waals surface area contributed by atoms with Gasteiger partial charge in [0.2, 0.25) is 0 Å². The van der Waals surface area contributed by atoms with Crippen LogP contribution in [0.1, 0.15) is 23.0 Å². The van der Waals surface area contributed by atoms with Gasteiger partial charge in [-0.25, -0.2) is 19.3 Å². The average Bonchev–Trinajstić information content (AvgIpc) is 3.54. The number of rotatable bonds is 6. The number of piperazine rings is 1. The lowest BCUT2D eigenvalue weighted by atomic mass is 10.1. The predicted octanol–water partition coefficient (Wildman–Crippen LogP) is 2.87. The highest BCUT2D eigenvalue weighted by Gasteiger charge is 2.25. The number of nitrogens with one attached hydrogen (secondary N) is 1. The van der Waals surface area contributed by atoms with E-state index in [4.69, 9.17) is 0 Å². The number of fused-ring (bicyclic) bond motifs is 1. The third-order valence-electron chi connectivity index (χ3n) is 6.17. The van der Waals surface area contributed by atoms with Crippen molar-refractivity contribution in [2.45, 2.75) is 12.5 Å². The van der Waals surface area contributed by atoms with Crippen LogP contribution in [0.3, 0.4) is 0 Å². The van der Waals surface area contributed by atoms with Crippen LogP contribution in [0, 0.1) is 17.1 Å². The first-order valence-corrected chi connectivity index (χ1v) is 11.1. The second-order valence-corrected chi connectivity index (χ2v) is 8.28. The quantitative estimate of drug-likeness (QED) is 0.476. The Hall–Kier alpha value is -4.10. The van der Waals surface area contributed by atoms with Crippen molar-refractivity contribution < 1.29 is 9.18 Å². The van der Waals surface area contributed by atoms with Crippen molar-refractivity contribution in [1.82, 2.24) is 34.3 Å². The maximum atomic E-state index is 13.1. The molecule has 1 fully saturated rings. The molecule has 0 aromatic carbocycles. The summed E-state index contributed by atoms with van der Waals surface area (Å²) < 4.78 is 15.2. The number of halogens is 1. The molecule has 0 aliphatic carbocycles. The summed E-state index contributed by atoms with van der Waals surface area (Å²) in [5.41, 5.74) is 2.85. The number of nitrogens with zero attached hydrogens (tertiary/aromatic N) is 7. The fourth-order valence-corrected chi connectivity index (χ4v) is 4.35. The summed E-state index contributed by atoms with van der Waals surface area (Å²) in [6.45, 7) is 3.20. The molecule has 4 aromatic heterocycles. The van der Waals surface area contributed by atoms with Gasteiger partial charge >= 0.3 is 0 Å². The summed E-state index contributed by atoms with van der Waals surface area (Å²) in [5.74, 6) is -0.653. The van der Waals surface area contributed by atoms with Gasteiger partial charge in [-0.05, 0) is 24.3 Å². The second kappa shape index (κ2) is 9.41. The number of aromatic amines is 1. The molecular weight excluding hydrogens is 435 g/mol. The first-order chi connectivity index (χ1) is 16.6. The summed E-state index contributed by atoms with van der Waals surface area (Å²) in [5, 5.41) is 10.4. The van der Waals surface area contributed by atoms with Crippen LogP contribution in [0.25, 0.3) is 22.3 Å². The van der Waals surface area contributed by atoms with Gasteiger partial charge in [0.05, 0.1) is 30.4 Å². The Bertz CT molecular complexity index is 1330. The van der Waals surface area contributed by atoms with Crippen molar-refractivity contribution in [1.29, 1.82) is 5.26 Å². The van der Waals surface area contributed by atoms with Gasteiger partial charge in [0.25, 0.3) is 5.91 Å². The molecule has 172 valence electrons. The standard InChI is InChI=1S/C24H23FN8O/c25-18-1-2-21(28-13-18)24(34)32-11-9-31(10-12-32)15-19(3-6-26)33-8-5-17(14-33)22-20-4-7-27-23(20)30-16-29-22/h1-2,4-5,7-8,13-14,16,19H,3,9-12,15H2,(H,27,29,30). The first-order valence-electron chi connectivity index (χ1n) is 11.1. The zero-order chi connectivity index (χ0) is 23.5. The van der Waals surface area contributed by atoms with E-state index >= 15 is 0 Å². The van der Waals surface area contributed by atoms with Gasteiger partial charge in [0.1, 0.15) is 23.5 Å². The summed E-state index contributed by atoms with van der Waals surface area (Å²) in [4.78, 5) is 32.3. The van der Waals surface area contributed by atoms with Gasteiger partial charge < -0.3 is 14.5 Å². The average molecular weight is 459 g/mol. The molecule has 4 aromatic rings. The molecule has 0 saturated carbocycles. The van der Waals surface area contributed by atoms with E-state index in [0.29, 0.717) is 39.1 Å². The monoisotopic (exact) mass is 458 g/mol. The molecule has 1 amide bonds. The number of carbonyl (C=O) groups is 1. The van der Waals surface area contributed by atoms with Gasteiger partial charge in [-0.1, -0.05) is 0 Å². The highest BCUT2D eigenvalue weighted by Crippen LogP contribution is 2.27. The van der Waals surface area contributed by atoms with Crippen LogP contribution < -0.4 is 0 Å². The van der Waals surface area contributed by atoms with Crippen LogP contribution >= 0.6 is 0 Å². The molecule has 34 heavy (non-hydrogen) atoms. The molecule has 9 nitrogen and oxygen atoms in total. The van der Waals surface area contributed by atoms with E-state index in [1.807, 2.05) is 30.7 Å². The molecule has 0 bridgehead atoms. The molecule has 1 N–H and O–H groups in total. The van der Waals surface area contributed by atoms with Crippen LogP contribution in [-0.2, 0) is 0 Å². The minimum atomic E-state index is -0.463. The van der Waals surface area contributed by atoms with E-state index in [0.717, 1.165) is 28.5 Å². The highest BCUT2D eigenvalue weighted by molar-refractivity contribution is 5.92. The normalized spacial score (nSPS) is 15.4. The highest BCUT2D eigenvalue weighted by atomic mass is 19.1. The third-order valence-corrected chi connectivity index (χ3v) is 6.17. The Labute approximate surface area is 195 Å². The Morgan fingerprint density at radius 1 is 1.15 bits per heavy atom. The van der Waals surface area contributed by atoms with Crippen LogP contribution in [0.5, 0.6) is 0 Å². The topological polar surface area (TPSA) is 107 Å². The van der Waals surface area contributed by atoms with Crippen molar-refractivity contribution in [2.24, 2.45) is 0 Å². The van der Waals surface area contributed by atoms with Crippen molar-refractivity contribution in [3.05, 3.63) is 66.9 Å². The summed E-state index contributed by atoms with van der Waals surface area (Å²) in [7, 11) is 0. The Balaban J connectivity index is 1.25. The van der Waals surface area contributed by atoms with Gasteiger partial charge in [-0.3, -0.25) is 9.69 Å². The van der Waals surface area contributed by atoms with Crippen molar-refractivity contribution in [3.63, 3.8) is 0 Å². The summed E-state index contributed by atoms with van der Waals surface area (Å²) in [6, 6.07) is 8.90. The van der Waals surface area contributed by atoms with Crippen LogP contribution in [-0.4, -0.2) is 72.9 Å². The van der Waals surface area contributed by atoms with E-state index < -0.39 is 5.82 Å². The van der Waals surface area contributed by atoms with E-state index in [9.17, 15) is 14.4 Å². The Morgan fingerprint density at radius 2 is 2.00 bits per heavy atom. The van der Waals surface area contributed by atoms with Crippen molar-refractivity contribution >= 4 is 16.9 Å². The van der Waals surface area contributed by atoms with Gasteiger partial charge in [0, 0.05) is 62.3 Å². The largest absolute Gasteiger partial charge is 0.348 e. The fourth-order valence-electron chi connectivity index (χ4n) is 4.35. The van der Waals surface area contributed by atoms with E-state index in [1.54, 1.807) is 11.2 Å². The smallest absolute Gasteiger partial charge is 0.272 e. The molecule has 0 spiro atoms. The van der Waals surface area contributed by atoms with E-state index in [2.05, 4.69) is 35.5 Å². The van der Waals surface area contributed by atoms with Crippen LogP contribution in [0.2, 0.25) is 0 Å².